The molecule has 4 nitrogen and oxygen atoms in total. The van der Waals surface area contributed by atoms with Gasteiger partial charge in [0, 0.05) is 6.20 Å². The first-order valence-corrected chi connectivity index (χ1v) is 8.52. The van der Waals surface area contributed by atoms with Crippen molar-refractivity contribution in [2.24, 2.45) is 0 Å². The summed E-state index contributed by atoms with van der Waals surface area (Å²) in [5, 5.41) is 9.78. The Labute approximate surface area is 147 Å². The average Bonchev–Trinajstić information content (AvgIpc) is 2.68. The minimum Gasteiger partial charge on any atom is -0.480 e. The molecule has 0 saturated heterocycles. The van der Waals surface area contributed by atoms with Gasteiger partial charge in [0.25, 0.3) is 0 Å². The third kappa shape index (κ3) is 3.25. The third-order valence-electron chi connectivity index (χ3n) is 4.90. The smallest absolute Gasteiger partial charge is 0.321 e. The molecule has 3 rings (SSSR count). The number of aliphatic carboxylic acids is 1. The van der Waals surface area contributed by atoms with Crippen molar-refractivity contribution in [3.05, 3.63) is 71.6 Å². The van der Waals surface area contributed by atoms with Gasteiger partial charge in [-0.3, -0.25) is 14.6 Å². The van der Waals surface area contributed by atoms with Crippen molar-refractivity contribution in [1.29, 1.82) is 0 Å². The SMILES string of the molecule is CC(C(=O)O)(C(=O)c1ccccn1)c1ccc(C2=CCCCC2)cc1. The fraction of sp³-hybridized carbons (Fsp3) is 0.286. The average molecular weight is 335 g/mol. The molecule has 0 aliphatic heterocycles. The monoisotopic (exact) mass is 335 g/mol. The molecule has 1 aromatic heterocycles. The molecule has 1 aromatic carbocycles. The molecule has 1 unspecified atom stereocenters. The minimum atomic E-state index is -1.66. The van der Waals surface area contributed by atoms with E-state index in [1.54, 1.807) is 30.3 Å². The number of rotatable bonds is 5. The second-order valence-electron chi connectivity index (χ2n) is 6.53. The van der Waals surface area contributed by atoms with Gasteiger partial charge < -0.3 is 5.11 Å². The van der Waals surface area contributed by atoms with E-state index in [9.17, 15) is 14.7 Å². The fourth-order valence-corrected chi connectivity index (χ4v) is 3.22. The molecular formula is C21H21NO3. The number of pyridine rings is 1. The van der Waals surface area contributed by atoms with E-state index in [2.05, 4.69) is 11.1 Å². The first kappa shape index (κ1) is 17.1. The van der Waals surface area contributed by atoms with Crippen molar-refractivity contribution >= 4 is 17.3 Å². The van der Waals surface area contributed by atoms with Crippen molar-refractivity contribution in [3.8, 4) is 0 Å². The van der Waals surface area contributed by atoms with Crippen molar-refractivity contribution in [1.82, 2.24) is 4.98 Å². The van der Waals surface area contributed by atoms with E-state index in [-0.39, 0.29) is 5.69 Å². The Hall–Kier alpha value is -2.75. The predicted molar refractivity (Wildman–Crippen MR) is 96.4 cm³/mol. The van der Waals surface area contributed by atoms with Crippen molar-refractivity contribution < 1.29 is 14.7 Å². The first-order chi connectivity index (χ1) is 12.0. The molecule has 0 amide bonds. The summed E-state index contributed by atoms with van der Waals surface area (Å²) in [5.41, 5.74) is 1.36. The van der Waals surface area contributed by atoms with Gasteiger partial charge in [0.2, 0.25) is 5.78 Å². The Morgan fingerprint density at radius 3 is 2.40 bits per heavy atom. The van der Waals surface area contributed by atoms with Crippen LogP contribution < -0.4 is 0 Å². The van der Waals surface area contributed by atoms with Gasteiger partial charge in [0.1, 0.15) is 5.69 Å². The predicted octanol–water partition coefficient (Wildman–Crippen LogP) is 4.26. The lowest BCUT2D eigenvalue weighted by molar-refractivity contribution is -0.141. The third-order valence-corrected chi connectivity index (χ3v) is 4.90. The summed E-state index contributed by atoms with van der Waals surface area (Å²) in [7, 11) is 0. The van der Waals surface area contributed by atoms with Gasteiger partial charge in [-0.1, -0.05) is 36.4 Å². The van der Waals surface area contributed by atoms with Gasteiger partial charge >= 0.3 is 5.97 Å². The highest BCUT2D eigenvalue weighted by molar-refractivity contribution is 6.15. The maximum atomic E-state index is 12.8. The lowest BCUT2D eigenvalue weighted by Crippen LogP contribution is -2.41. The van der Waals surface area contributed by atoms with Gasteiger partial charge in [0.05, 0.1) is 0 Å². The Bertz CT molecular complexity index is 809. The Morgan fingerprint density at radius 2 is 1.84 bits per heavy atom. The number of carboxylic acid groups (broad SMARTS) is 1. The Morgan fingerprint density at radius 1 is 1.08 bits per heavy atom. The molecule has 0 bridgehead atoms. The standard InChI is InChI=1S/C21H21NO3/c1-21(20(24)25,19(23)18-9-5-6-14-22-18)17-12-10-16(11-13-17)15-7-3-2-4-8-15/h5-7,9-14H,2-4,8H2,1H3,(H,24,25). The number of benzene rings is 1. The number of carbonyl (C=O) groups is 2. The van der Waals surface area contributed by atoms with Gasteiger partial charge in [-0.25, -0.2) is 0 Å². The Kier molecular flexibility index (Phi) is 4.79. The molecule has 2 aromatic rings. The molecule has 0 radical (unpaired) electrons. The van der Waals surface area contributed by atoms with Crippen LogP contribution in [0.4, 0.5) is 0 Å². The summed E-state index contributed by atoms with van der Waals surface area (Å²) in [6, 6.07) is 12.3. The highest BCUT2D eigenvalue weighted by Crippen LogP contribution is 2.31. The molecule has 0 saturated carbocycles. The topological polar surface area (TPSA) is 67.3 Å². The van der Waals surface area contributed by atoms with Crippen LogP contribution in [0.15, 0.2) is 54.7 Å². The molecule has 0 spiro atoms. The first-order valence-electron chi connectivity index (χ1n) is 8.52. The van der Waals surface area contributed by atoms with E-state index in [4.69, 9.17) is 0 Å². The molecule has 128 valence electrons. The van der Waals surface area contributed by atoms with Gasteiger partial charge in [-0.15, -0.1) is 0 Å². The quantitative estimate of drug-likeness (QED) is 0.655. The van der Waals surface area contributed by atoms with E-state index < -0.39 is 17.2 Å². The molecule has 0 fully saturated rings. The van der Waals surface area contributed by atoms with Crippen LogP contribution in [0.2, 0.25) is 0 Å². The van der Waals surface area contributed by atoms with Gasteiger partial charge in [-0.05, 0) is 61.4 Å². The van der Waals surface area contributed by atoms with Crippen molar-refractivity contribution in [3.63, 3.8) is 0 Å². The summed E-state index contributed by atoms with van der Waals surface area (Å²) in [5.74, 6) is -1.68. The minimum absolute atomic E-state index is 0.159. The zero-order chi connectivity index (χ0) is 17.9. The zero-order valence-electron chi connectivity index (χ0n) is 14.2. The van der Waals surface area contributed by atoms with Crippen LogP contribution in [0.3, 0.4) is 0 Å². The van der Waals surface area contributed by atoms with E-state index >= 15 is 0 Å². The number of allylic oxidation sites excluding steroid dienone is 2. The largest absolute Gasteiger partial charge is 0.480 e. The van der Waals surface area contributed by atoms with Gasteiger partial charge in [0.15, 0.2) is 5.41 Å². The molecule has 1 aliphatic carbocycles. The highest BCUT2D eigenvalue weighted by atomic mass is 16.4. The van der Waals surface area contributed by atoms with Crippen molar-refractivity contribution in [2.75, 3.05) is 0 Å². The Balaban J connectivity index is 1.96. The van der Waals surface area contributed by atoms with E-state index in [1.807, 2.05) is 12.1 Å². The molecule has 1 atom stereocenters. The van der Waals surface area contributed by atoms with Crippen LogP contribution >= 0.6 is 0 Å². The number of Topliss-reactive ketones (excluding diaryl/α,β-unsaturated/α-hetero) is 1. The lowest BCUT2D eigenvalue weighted by Gasteiger charge is -2.24. The van der Waals surface area contributed by atoms with Crippen LogP contribution in [0.25, 0.3) is 5.57 Å². The number of ketones is 1. The number of aromatic nitrogens is 1. The maximum absolute atomic E-state index is 12.8. The van der Waals surface area contributed by atoms with Crippen LogP contribution in [-0.2, 0) is 10.2 Å². The van der Waals surface area contributed by atoms with E-state index in [0.717, 1.165) is 18.4 Å². The maximum Gasteiger partial charge on any atom is 0.321 e. The number of hydrogen-bond acceptors (Lipinski definition) is 3. The number of carboxylic acids is 1. The van der Waals surface area contributed by atoms with Crippen LogP contribution in [-0.4, -0.2) is 21.8 Å². The van der Waals surface area contributed by atoms with Crippen LogP contribution in [0, 0.1) is 0 Å². The number of nitrogens with zero attached hydrogens (tertiary/aromatic N) is 1. The second kappa shape index (κ2) is 7.01. The molecule has 1 aliphatic rings. The summed E-state index contributed by atoms with van der Waals surface area (Å²) in [6.45, 7) is 1.45. The van der Waals surface area contributed by atoms with Crippen molar-refractivity contribution in [2.45, 2.75) is 38.0 Å². The second-order valence-corrected chi connectivity index (χ2v) is 6.53. The molecule has 1 heterocycles. The van der Waals surface area contributed by atoms with E-state index in [0.29, 0.717) is 5.56 Å². The summed E-state index contributed by atoms with van der Waals surface area (Å²) in [4.78, 5) is 28.8. The molecular weight excluding hydrogens is 314 g/mol. The summed E-state index contributed by atoms with van der Waals surface area (Å²) in [6.07, 6.45) is 8.27. The zero-order valence-corrected chi connectivity index (χ0v) is 14.2. The van der Waals surface area contributed by atoms with E-state index in [1.165, 1.54) is 31.5 Å². The fourth-order valence-electron chi connectivity index (χ4n) is 3.22. The molecule has 25 heavy (non-hydrogen) atoms. The van der Waals surface area contributed by atoms with Crippen LogP contribution in [0.5, 0.6) is 0 Å². The van der Waals surface area contributed by atoms with Gasteiger partial charge in [-0.2, -0.15) is 0 Å². The summed E-state index contributed by atoms with van der Waals surface area (Å²) >= 11 is 0. The normalized spacial score (nSPS) is 16.6. The number of carbonyl (C=O) groups excluding carboxylic acids is 1. The lowest BCUT2D eigenvalue weighted by atomic mass is 9.76. The number of hydrogen-bond donors (Lipinski definition) is 1. The summed E-state index contributed by atoms with van der Waals surface area (Å²) < 4.78 is 0. The van der Waals surface area contributed by atoms with Crippen LogP contribution in [0.1, 0.15) is 54.2 Å². The molecule has 4 heteroatoms. The molecule has 1 N–H and O–H groups in total. The highest BCUT2D eigenvalue weighted by Gasteiger charge is 2.44.